The lowest BCUT2D eigenvalue weighted by atomic mass is 9.94. The van der Waals surface area contributed by atoms with Gasteiger partial charge in [-0.2, -0.15) is 0 Å². The van der Waals surface area contributed by atoms with Crippen LogP contribution in [0.4, 0.5) is 0 Å². The minimum absolute atomic E-state index is 0. The van der Waals surface area contributed by atoms with Crippen LogP contribution in [0.2, 0.25) is 0 Å². The van der Waals surface area contributed by atoms with E-state index in [-0.39, 0.29) is 12.4 Å². The van der Waals surface area contributed by atoms with Gasteiger partial charge in [-0.05, 0) is 43.4 Å². The molecular weight excluding hydrogens is 398 g/mol. The van der Waals surface area contributed by atoms with Gasteiger partial charge in [0.2, 0.25) is 0 Å². The highest BCUT2D eigenvalue weighted by Crippen LogP contribution is 2.25. The Morgan fingerprint density at radius 3 is 1.35 bits per heavy atom. The van der Waals surface area contributed by atoms with Crippen molar-refractivity contribution in [2.45, 2.75) is 136 Å². The predicted octanol–water partition coefficient (Wildman–Crippen LogP) is 10.0. The van der Waals surface area contributed by atoms with Crippen molar-refractivity contribution >= 4 is 18.0 Å². The molecule has 0 aliphatic rings. The molecule has 2 heteroatoms. The summed E-state index contributed by atoms with van der Waals surface area (Å²) in [7, 11) is 0. The van der Waals surface area contributed by atoms with Crippen molar-refractivity contribution in [2.75, 3.05) is 0 Å². The Morgan fingerprint density at radius 2 is 1.00 bits per heavy atom. The van der Waals surface area contributed by atoms with Crippen molar-refractivity contribution in [1.82, 2.24) is 0 Å². The molecule has 0 saturated carbocycles. The smallest absolute Gasteiger partial charge is 0.0178 e. The number of nitrogens with two attached hydrogens (primary N) is 1. The van der Waals surface area contributed by atoms with E-state index in [1.807, 2.05) is 0 Å². The maximum Gasteiger partial charge on any atom is 0.0178 e. The largest absolute Gasteiger partial charge is 0.326 e. The third-order valence-corrected chi connectivity index (χ3v) is 6.42. The van der Waals surface area contributed by atoms with E-state index in [4.69, 9.17) is 5.73 Å². The molecule has 0 aliphatic heterocycles. The van der Waals surface area contributed by atoms with Crippen molar-refractivity contribution in [1.29, 1.82) is 0 Å². The molecule has 1 aromatic rings. The van der Waals surface area contributed by atoms with Gasteiger partial charge in [0.05, 0.1) is 0 Å². The second-order valence-electron chi connectivity index (χ2n) is 9.43. The van der Waals surface area contributed by atoms with Crippen molar-refractivity contribution in [3.8, 4) is 0 Å². The van der Waals surface area contributed by atoms with Gasteiger partial charge < -0.3 is 5.73 Å². The second kappa shape index (κ2) is 21.1. The molecule has 1 rings (SSSR count). The van der Waals surface area contributed by atoms with E-state index in [0.717, 1.165) is 0 Å². The van der Waals surface area contributed by atoms with Gasteiger partial charge in [0.1, 0.15) is 0 Å². The van der Waals surface area contributed by atoms with Gasteiger partial charge in [-0.25, -0.2) is 0 Å². The third-order valence-electron chi connectivity index (χ3n) is 6.42. The van der Waals surface area contributed by atoms with Crippen LogP contribution in [0, 0.1) is 0 Å². The Labute approximate surface area is 201 Å². The quantitative estimate of drug-likeness (QED) is 0.209. The molecule has 0 fully saturated rings. The van der Waals surface area contributed by atoms with Gasteiger partial charge in [0, 0.05) is 6.54 Å². The van der Waals surface area contributed by atoms with Gasteiger partial charge in [-0.3, -0.25) is 0 Å². The number of allylic oxidation sites excluding steroid dienone is 2. The summed E-state index contributed by atoms with van der Waals surface area (Å²) in [5, 5.41) is 0. The molecule has 0 unspecified atom stereocenters. The molecule has 0 amide bonds. The van der Waals surface area contributed by atoms with Gasteiger partial charge in [-0.1, -0.05) is 133 Å². The summed E-state index contributed by atoms with van der Waals surface area (Å²) in [5.41, 5.74) is 11.3. The number of rotatable bonds is 19. The van der Waals surface area contributed by atoms with E-state index < -0.39 is 0 Å². The molecule has 0 bridgehead atoms. The zero-order chi connectivity index (χ0) is 21.9. The normalized spacial score (nSPS) is 10.7. The van der Waals surface area contributed by atoms with E-state index >= 15 is 0 Å². The van der Waals surface area contributed by atoms with Crippen LogP contribution < -0.4 is 5.73 Å². The molecule has 1 aromatic carbocycles. The Hall–Kier alpha value is -0.790. The van der Waals surface area contributed by atoms with Gasteiger partial charge in [0.25, 0.3) is 0 Å². The number of halogens is 1. The monoisotopic (exact) mass is 449 g/mol. The van der Waals surface area contributed by atoms with Crippen LogP contribution in [-0.2, 0) is 6.54 Å². The second-order valence-corrected chi connectivity index (χ2v) is 9.43. The summed E-state index contributed by atoms with van der Waals surface area (Å²) in [6.45, 7) is 7.42. The first-order valence-electron chi connectivity index (χ1n) is 13.1. The fraction of sp³-hybridized carbons (Fsp3) is 0.724. The zero-order valence-electron chi connectivity index (χ0n) is 21.0. The number of benzene rings is 1. The van der Waals surface area contributed by atoms with Crippen molar-refractivity contribution < 1.29 is 0 Å². The maximum absolute atomic E-state index is 5.73. The first kappa shape index (κ1) is 30.2. The van der Waals surface area contributed by atoms with Crippen LogP contribution in [0.5, 0.6) is 0 Å². The molecular formula is C29H52ClN. The van der Waals surface area contributed by atoms with Gasteiger partial charge in [0.15, 0.2) is 0 Å². The van der Waals surface area contributed by atoms with E-state index in [1.54, 1.807) is 0 Å². The Kier molecular flexibility index (Phi) is 20.5. The molecule has 31 heavy (non-hydrogen) atoms. The molecule has 0 atom stereocenters. The molecule has 0 saturated heterocycles. The van der Waals surface area contributed by atoms with E-state index in [9.17, 15) is 0 Å². The number of unbranched alkanes of at least 4 members (excludes halogenated alkanes) is 15. The number of hydrogen-bond acceptors (Lipinski definition) is 1. The lowest BCUT2D eigenvalue weighted by molar-refractivity contribution is 0.530. The lowest BCUT2D eigenvalue weighted by Gasteiger charge is -2.11. The summed E-state index contributed by atoms with van der Waals surface area (Å²) in [6, 6.07) is 8.84. The molecule has 0 radical (unpaired) electrons. The highest BCUT2D eigenvalue weighted by atomic mass is 35.5. The minimum Gasteiger partial charge on any atom is -0.326 e. The van der Waals surface area contributed by atoms with E-state index in [2.05, 4.69) is 45.0 Å². The molecule has 2 N–H and O–H groups in total. The maximum atomic E-state index is 5.73. The fourth-order valence-electron chi connectivity index (χ4n) is 4.37. The topological polar surface area (TPSA) is 26.0 Å². The van der Waals surface area contributed by atoms with Crippen molar-refractivity contribution in [3.63, 3.8) is 0 Å². The van der Waals surface area contributed by atoms with Crippen LogP contribution >= 0.6 is 12.4 Å². The standard InChI is InChI=1S/C29H51N.ClH/c1-4-5-6-7-8-9-10-11-12-13-14-15-16-17-18-19-20-29(26(2)3)28-23-21-27(25-30)22-24-28;/h21-24H,4-20,25,30H2,1-3H3;1H. The number of hydrogen-bond donors (Lipinski definition) is 1. The predicted molar refractivity (Wildman–Crippen MR) is 144 cm³/mol. The summed E-state index contributed by atoms with van der Waals surface area (Å²) < 4.78 is 0. The van der Waals surface area contributed by atoms with Crippen LogP contribution in [0.15, 0.2) is 29.8 Å². The highest BCUT2D eigenvalue weighted by molar-refractivity contribution is 5.85. The van der Waals surface area contributed by atoms with Gasteiger partial charge >= 0.3 is 0 Å². The average Bonchev–Trinajstić information content (AvgIpc) is 2.76. The zero-order valence-corrected chi connectivity index (χ0v) is 21.8. The minimum atomic E-state index is 0. The molecule has 1 nitrogen and oxygen atoms in total. The van der Waals surface area contributed by atoms with Crippen LogP contribution in [0.25, 0.3) is 5.57 Å². The van der Waals surface area contributed by atoms with E-state index in [1.165, 1.54) is 131 Å². The summed E-state index contributed by atoms with van der Waals surface area (Å²) in [6.07, 6.45) is 24.1. The molecule has 0 heterocycles. The van der Waals surface area contributed by atoms with E-state index in [0.29, 0.717) is 6.54 Å². The fourth-order valence-corrected chi connectivity index (χ4v) is 4.37. The Bertz CT molecular complexity index is 542. The van der Waals surface area contributed by atoms with Gasteiger partial charge in [-0.15, -0.1) is 12.4 Å². The molecule has 0 aromatic heterocycles. The van der Waals surface area contributed by atoms with Crippen molar-refractivity contribution in [2.24, 2.45) is 5.73 Å². The molecule has 180 valence electrons. The first-order chi connectivity index (χ1) is 14.7. The summed E-state index contributed by atoms with van der Waals surface area (Å²) in [5.74, 6) is 0. The Balaban J connectivity index is 0.00000900. The Morgan fingerprint density at radius 1 is 0.613 bits per heavy atom. The summed E-state index contributed by atoms with van der Waals surface area (Å²) in [4.78, 5) is 0. The third kappa shape index (κ3) is 15.6. The van der Waals surface area contributed by atoms with Crippen LogP contribution in [0.3, 0.4) is 0 Å². The van der Waals surface area contributed by atoms with Crippen LogP contribution in [0.1, 0.15) is 141 Å². The first-order valence-corrected chi connectivity index (χ1v) is 13.1. The average molecular weight is 450 g/mol. The lowest BCUT2D eigenvalue weighted by Crippen LogP contribution is -1.96. The van der Waals surface area contributed by atoms with Crippen molar-refractivity contribution in [3.05, 3.63) is 41.0 Å². The van der Waals surface area contributed by atoms with Crippen LogP contribution in [-0.4, -0.2) is 0 Å². The highest BCUT2D eigenvalue weighted by Gasteiger charge is 2.04. The SMILES string of the molecule is CCCCCCCCCCCCCCCCCCC(=C(C)C)c1ccc(CN)cc1.Cl. The molecule has 0 aliphatic carbocycles. The summed E-state index contributed by atoms with van der Waals surface area (Å²) >= 11 is 0. The molecule has 0 spiro atoms.